The van der Waals surface area contributed by atoms with E-state index in [1.807, 2.05) is 0 Å². The van der Waals surface area contributed by atoms with E-state index in [-0.39, 0.29) is 12.3 Å². The Labute approximate surface area is 186 Å². The topological polar surface area (TPSA) is 133 Å². The van der Waals surface area contributed by atoms with Crippen LogP contribution in [-0.4, -0.2) is 55.0 Å². The molecule has 0 aromatic carbocycles. The van der Waals surface area contributed by atoms with Crippen molar-refractivity contribution in [2.75, 3.05) is 6.26 Å². The van der Waals surface area contributed by atoms with E-state index in [2.05, 4.69) is 6.58 Å². The highest BCUT2D eigenvalue weighted by atomic mass is 32.2. The van der Waals surface area contributed by atoms with Crippen molar-refractivity contribution in [1.29, 1.82) is 0 Å². The SMILES string of the molecule is C=C1C[C@]23C[C@@]1(OS(C)(=O)=O)CC[C@H]2[C@@]12CC[C@H](OC(C)=O)[C@](C)(C(=O)O1)[C@H]2[C@@H]3C(=O)O. The summed E-state index contributed by atoms with van der Waals surface area (Å²) in [7, 11) is -3.80. The minimum absolute atomic E-state index is 0.206. The quantitative estimate of drug-likeness (QED) is 0.372. The van der Waals surface area contributed by atoms with Gasteiger partial charge in [0.25, 0.3) is 10.1 Å². The molecule has 1 aliphatic heterocycles. The fourth-order valence-electron chi connectivity index (χ4n) is 8.41. The van der Waals surface area contributed by atoms with Crippen molar-refractivity contribution >= 4 is 28.0 Å². The van der Waals surface area contributed by atoms with Gasteiger partial charge in [0, 0.05) is 18.8 Å². The molecule has 0 unspecified atom stereocenters. The van der Waals surface area contributed by atoms with Gasteiger partial charge in [-0.3, -0.25) is 18.6 Å². The van der Waals surface area contributed by atoms with Gasteiger partial charge < -0.3 is 14.6 Å². The molecule has 9 nitrogen and oxygen atoms in total. The Morgan fingerprint density at radius 1 is 1.25 bits per heavy atom. The van der Waals surface area contributed by atoms with E-state index in [1.165, 1.54) is 6.92 Å². The molecule has 0 radical (unpaired) electrons. The third-order valence-corrected chi connectivity index (χ3v) is 9.74. The number of hydrogen-bond acceptors (Lipinski definition) is 8. The molecule has 1 N–H and O–H groups in total. The first-order valence-corrected chi connectivity index (χ1v) is 12.8. The van der Waals surface area contributed by atoms with E-state index >= 15 is 0 Å². The van der Waals surface area contributed by atoms with Crippen LogP contribution in [0.4, 0.5) is 0 Å². The summed E-state index contributed by atoms with van der Waals surface area (Å²) in [4.78, 5) is 37.8. The number of esters is 2. The van der Waals surface area contributed by atoms with Gasteiger partial charge >= 0.3 is 17.9 Å². The molecule has 4 aliphatic carbocycles. The Balaban J connectivity index is 1.67. The molecule has 5 aliphatic rings. The van der Waals surface area contributed by atoms with Gasteiger partial charge in [-0.25, -0.2) is 0 Å². The summed E-state index contributed by atoms with van der Waals surface area (Å²) in [5.74, 6) is -4.04. The Morgan fingerprint density at radius 2 is 1.94 bits per heavy atom. The van der Waals surface area contributed by atoms with Crippen molar-refractivity contribution in [3.05, 3.63) is 12.2 Å². The summed E-state index contributed by atoms with van der Waals surface area (Å²) in [5.41, 5.74) is -3.67. The number of fused-ring (bicyclic) bond motifs is 1. The number of hydrogen-bond donors (Lipinski definition) is 1. The zero-order valence-electron chi connectivity index (χ0n) is 18.4. The third-order valence-electron chi connectivity index (χ3n) is 9.12. The standard InChI is InChI=1S/C22H28O9S/c1-11-9-20-10-21(11,31-32(4,27)28)7-5-13(20)22-8-6-14(29-12(2)23)19(3,18(26)30-22)16(22)15(20)17(24)25/h13-16H,1,5-10H2,2-4H3,(H,24,25)/t13-,14+,15-,16-,19+,20+,21+,22-/m1/s1. The molecule has 5 fully saturated rings. The predicted molar refractivity (Wildman–Crippen MR) is 109 cm³/mol. The van der Waals surface area contributed by atoms with Crippen molar-refractivity contribution in [3.63, 3.8) is 0 Å². The van der Waals surface area contributed by atoms with E-state index in [9.17, 15) is 27.9 Å². The Morgan fingerprint density at radius 3 is 2.53 bits per heavy atom. The Kier molecular flexibility index (Phi) is 4.20. The minimum Gasteiger partial charge on any atom is -0.481 e. The normalized spacial score (nSPS) is 48.7. The highest BCUT2D eigenvalue weighted by molar-refractivity contribution is 7.86. The maximum atomic E-state index is 13.2. The van der Waals surface area contributed by atoms with Crippen LogP contribution in [0.15, 0.2) is 12.2 Å². The highest BCUT2D eigenvalue weighted by Crippen LogP contribution is 2.79. The van der Waals surface area contributed by atoms with Crippen molar-refractivity contribution in [3.8, 4) is 0 Å². The van der Waals surface area contributed by atoms with E-state index in [4.69, 9.17) is 13.7 Å². The van der Waals surface area contributed by atoms with Crippen molar-refractivity contribution < 1.29 is 41.6 Å². The van der Waals surface area contributed by atoms with Crippen LogP contribution in [0.3, 0.4) is 0 Å². The molecular weight excluding hydrogens is 440 g/mol. The average molecular weight is 469 g/mol. The maximum absolute atomic E-state index is 13.2. The molecule has 1 spiro atoms. The molecule has 0 aromatic rings. The largest absolute Gasteiger partial charge is 0.481 e. The summed E-state index contributed by atoms with van der Waals surface area (Å²) in [6.07, 6.45) is 2.37. The Hall–Kier alpha value is -1.94. The van der Waals surface area contributed by atoms with Gasteiger partial charge in [-0.2, -0.15) is 8.42 Å². The first-order valence-electron chi connectivity index (χ1n) is 10.9. The minimum atomic E-state index is -3.80. The van der Waals surface area contributed by atoms with Crippen LogP contribution in [0.25, 0.3) is 0 Å². The van der Waals surface area contributed by atoms with Crippen molar-refractivity contribution in [2.24, 2.45) is 28.6 Å². The molecule has 10 heteroatoms. The lowest BCUT2D eigenvalue weighted by Crippen LogP contribution is -2.54. The molecule has 1 saturated heterocycles. The van der Waals surface area contributed by atoms with Crippen LogP contribution in [0.2, 0.25) is 0 Å². The van der Waals surface area contributed by atoms with Crippen LogP contribution >= 0.6 is 0 Å². The van der Waals surface area contributed by atoms with Gasteiger partial charge in [-0.05, 0) is 56.4 Å². The van der Waals surface area contributed by atoms with Gasteiger partial charge in [-0.1, -0.05) is 6.58 Å². The van der Waals surface area contributed by atoms with E-state index in [0.29, 0.717) is 37.7 Å². The fourth-order valence-corrected chi connectivity index (χ4v) is 9.25. The van der Waals surface area contributed by atoms with E-state index in [0.717, 1.165) is 6.26 Å². The molecule has 4 saturated carbocycles. The van der Waals surface area contributed by atoms with Gasteiger partial charge in [-0.15, -0.1) is 0 Å². The molecule has 32 heavy (non-hydrogen) atoms. The number of rotatable bonds is 4. The number of aliphatic carboxylic acids is 1. The highest BCUT2D eigenvalue weighted by Gasteiger charge is 2.85. The second-order valence-electron chi connectivity index (χ2n) is 10.6. The first kappa shape index (κ1) is 21.9. The van der Waals surface area contributed by atoms with Gasteiger partial charge in [0.1, 0.15) is 22.7 Å². The molecule has 1 heterocycles. The lowest BCUT2D eigenvalue weighted by molar-refractivity contribution is -0.169. The number of carboxylic acid groups (broad SMARTS) is 1. The zero-order valence-corrected chi connectivity index (χ0v) is 19.2. The molecule has 0 amide bonds. The van der Waals surface area contributed by atoms with Crippen molar-refractivity contribution in [2.45, 2.75) is 69.7 Å². The maximum Gasteiger partial charge on any atom is 0.316 e. The zero-order chi connectivity index (χ0) is 23.5. The summed E-state index contributed by atoms with van der Waals surface area (Å²) >= 11 is 0. The smallest absolute Gasteiger partial charge is 0.316 e. The number of ether oxygens (including phenoxy) is 2. The monoisotopic (exact) mass is 468 g/mol. The summed E-state index contributed by atoms with van der Waals surface area (Å²) in [5, 5.41) is 10.5. The number of carboxylic acids is 1. The molecular formula is C22H28O9S. The second-order valence-corrected chi connectivity index (χ2v) is 12.2. The lowest BCUT2D eigenvalue weighted by atomic mass is 9.59. The van der Waals surface area contributed by atoms with Crippen molar-refractivity contribution in [1.82, 2.24) is 0 Å². The summed E-state index contributed by atoms with van der Waals surface area (Å²) in [6.45, 7) is 7.03. The van der Waals surface area contributed by atoms with Crippen LogP contribution < -0.4 is 0 Å². The molecule has 4 bridgehead atoms. The van der Waals surface area contributed by atoms with Crippen LogP contribution in [0, 0.1) is 28.6 Å². The molecule has 176 valence electrons. The average Bonchev–Trinajstić information content (AvgIpc) is 3.06. The Bertz CT molecular complexity index is 1070. The fraction of sp³-hybridized carbons (Fsp3) is 0.773. The molecule has 0 aromatic heterocycles. The first-order chi connectivity index (χ1) is 14.7. The molecule has 5 rings (SSSR count). The van der Waals surface area contributed by atoms with Crippen LogP contribution in [0.5, 0.6) is 0 Å². The number of carbonyl (C=O) groups is 3. The lowest BCUT2D eigenvalue weighted by Gasteiger charge is -2.46. The summed E-state index contributed by atoms with van der Waals surface area (Å²) < 4.78 is 41.3. The van der Waals surface area contributed by atoms with E-state index < -0.39 is 68.0 Å². The van der Waals surface area contributed by atoms with Gasteiger partial charge in [0.15, 0.2) is 0 Å². The summed E-state index contributed by atoms with van der Waals surface area (Å²) in [6, 6.07) is 0. The third kappa shape index (κ3) is 2.42. The second kappa shape index (κ2) is 6.14. The van der Waals surface area contributed by atoms with Crippen LogP contribution in [0.1, 0.15) is 52.4 Å². The number of carbonyl (C=O) groups excluding carboxylic acids is 2. The van der Waals surface area contributed by atoms with Crippen LogP contribution in [-0.2, 0) is 38.2 Å². The predicted octanol–water partition coefficient (Wildman–Crippen LogP) is 1.81. The molecule has 8 atom stereocenters. The van der Waals surface area contributed by atoms with Gasteiger partial charge in [0.05, 0.1) is 12.2 Å². The van der Waals surface area contributed by atoms with E-state index in [1.54, 1.807) is 6.92 Å². The van der Waals surface area contributed by atoms with Gasteiger partial charge in [0.2, 0.25) is 0 Å².